The molecule has 3 fully saturated rings. The van der Waals surface area contributed by atoms with Gasteiger partial charge in [-0.1, -0.05) is 12.5 Å². The van der Waals surface area contributed by atoms with E-state index in [0.29, 0.717) is 30.6 Å². The fourth-order valence-electron chi connectivity index (χ4n) is 3.84. The highest BCUT2D eigenvalue weighted by atomic mass is 32.2. The van der Waals surface area contributed by atoms with E-state index in [9.17, 15) is 13.2 Å². The van der Waals surface area contributed by atoms with Gasteiger partial charge in [0.25, 0.3) is 0 Å². The zero-order valence-electron chi connectivity index (χ0n) is 15.0. The molecule has 1 saturated heterocycles. The van der Waals surface area contributed by atoms with Gasteiger partial charge in [0.15, 0.2) is 0 Å². The first-order chi connectivity index (χ1) is 12.5. The summed E-state index contributed by atoms with van der Waals surface area (Å²) in [6.45, 7) is 1.15. The summed E-state index contributed by atoms with van der Waals surface area (Å²) in [6, 6.07) is 6.62. The minimum Gasteiger partial charge on any atom is -0.335 e. The van der Waals surface area contributed by atoms with E-state index in [-0.39, 0.29) is 17.0 Å². The molecular formula is C19H27N3O3S. The topological polar surface area (TPSA) is 78.5 Å². The van der Waals surface area contributed by atoms with Gasteiger partial charge in [-0.15, -0.1) is 0 Å². The van der Waals surface area contributed by atoms with Crippen LogP contribution in [0.3, 0.4) is 0 Å². The smallest absolute Gasteiger partial charge is 0.319 e. The maximum atomic E-state index is 12.8. The second kappa shape index (κ2) is 7.19. The van der Waals surface area contributed by atoms with E-state index in [1.54, 1.807) is 28.6 Å². The lowest BCUT2D eigenvalue weighted by atomic mass is 10.1. The van der Waals surface area contributed by atoms with Crippen molar-refractivity contribution in [3.8, 4) is 0 Å². The van der Waals surface area contributed by atoms with Crippen LogP contribution in [-0.2, 0) is 10.0 Å². The number of hydrogen-bond acceptors (Lipinski definition) is 3. The van der Waals surface area contributed by atoms with Crippen LogP contribution >= 0.6 is 0 Å². The molecule has 0 unspecified atom stereocenters. The lowest BCUT2D eigenvalue weighted by molar-refractivity contribution is 0.245. The van der Waals surface area contributed by atoms with Crippen LogP contribution in [0.5, 0.6) is 0 Å². The summed E-state index contributed by atoms with van der Waals surface area (Å²) in [5.41, 5.74) is 0.519. The summed E-state index contributed by atoms with van der Waals surface area (Å²) in [7, 11) is -3.49. The van der Waals surface area contributed by atoms with Crippen molar-refractivity contribution in [3.05, 3.63) is 24.3 Å². The zero-order valence-corrected chi connectivity index (χ0v) is 15.8. The number of urea groups is 1. The number of anilines is 1. The van der Waals surface area contributed by atoms with Gasteiger partial charge in [-0.05, 0) is 68.6 Å². The Morgan fingerprint density at radius 3 is 2.31 bits per heavy atom. The van der Waals surface area contributed by atoms with Crippen LogP contribution in [0.15, 0.2) is 29.2 Å². The van der Waals surface area contributed by atoms with Gasteiger partial charge in [-0.3, -0.25) is 0 Å². The molecule has 6 nitrogen and oxygen atoms in total. The Balaban J connectivity index is 1.42. The van der Waals surface area contributed by atoms with E-state index in [4.69, 9.17) is 0 Å². The van der Waals surface area contributed by atoms with E-state index in [0.717, 1.165) is 19.3 Å². The number of sulfonamides is 1. The predicted octanol–water partition coefficient (Wildman–Crippen LogP) is 3.17. The largest absolute Gasteiger partial charge is 0.335 e. The van der Waals surface area contributed by atoms with Gasteiger partial charge in [-0.25, -0.2) is 13.2 Å². The first-order valence-electron chi connectivity index (χ1n) is 9.72. The van der Waals surface area contributed by atoms with Crippen LogP contribution in [0.1, 0.15) is 44.9 Å². The Labute approximate surface area is 155 Å². The predicted molar refractivity (Wildman–Crippen MR) is 100 cm³/mol. The number of benzene rings is 1. The van der Waals surface area contributed by atoms with E-state index in [1.807, 2.05) is 0 Å². The normalized spacial score (nSPS) is 21.6. The van der Waals surface area contributed by atoms with Gasteiger partial charge in [-0.2, -0.15) is 4.31 Å². The highest BCUT2D eigenvalue weighted by Gasteiger charge is 2.42. The van der Waals surface area contributed by atoms with Crippen molar-refractivity contribution in [2.75, 3.05) is 18.4 Å². The maximum Gasteiger partial charge on any atom is 0.319 e. The van der Waals surface area contributed by atoms with Gasteiger partial charge in [0, 0.05) is 24.8 Å². The van der Waals surface area contributed by atoms with E-state index < -0.39 is 10.0 Å². The highest BCUT2D eigenvalue weighted by Crippen LogP contribution is 2.44. The number of carbonyl (C=O) groups excluding carboxylic acids is 1. The minimum atomic E-state index is -3.49. The third-order valence-electron chi connectivity index (χ3n) is 5.60. The molecule has 3 aliphatic rings. The molecule has 26 heavy (non-hydrogen) atoms. The lowest BCUT2D eigenvalue weighted by Gasteiger charge is -2.26. The molecule has 1 aromatic rings. The molecule has 0 bridgehead atoms. The highest BCUT2D eigenvalue weighted by molar-refractivity contribution is 7.89. The molecule has 0 aromatic heterocycles. The fraction of sp³-hybridized carbons (Fsp3) is 0.632. The molecule has 142 valence electrons. The first-order valence-corrected chi connectivity index (χ1v) is 11.2. The van der Waals surface area contributed by atoms with Crippen molar-refractivity contribution in [3.63, 3.8) is 0 Å². The first kappa shape index (κ1) is 17.8. The van der Waals surface area contributed by atoms with Gasteiger partial charge in [0.05, 0.1) is 4.90 Å². The van der Waals surface area contributed by atoms with Crippen molar-refractivity contribution in [2.24, 2.45) is 11.8 Å². The molecule has 0 spiro atoms. The average Bonchev–Trinajstić information content (AvgIpc) is 3.55. The molecule has 4 rings (SSSR count). The average molecular weight is 378 g/mol. The van der Waals surface area contributed by atoms with Crippen molar-refractivity contribution in [1.82, 2.24) is 9.62 Å². The lowest BCUT2D eigenvalue weighted by Crippen LogP contribution is -2.40. The van der Waals surface area contributed by atoms with Crippen LogP contribution in [-0.4, -0.2) is 37.9 Å². The standard InChI is InChI=1S/C19H27N3O3S/c23-19(21-18(14-7-8-14)15-9-10-15)20-16-5-4-6-17(13-16)26(24,25)22-11-2-1-3-12-22/h4-6,13-15,18H,1-3,7-12H2,(H2,20,21,23). The number of hydrogen-bond donors (Lipinski definition) is 2. The molecule has 1 heterocycles. The summed E-state index contributed by atoms with van der Waals surface area (Å²) in [5.74, 6) is 1.25. The van der Waals surface area contributed by atoms with Crippen LogP contribution < -0.4 is 10.6 Å². The van der Waals surface area contributed by atoms with Gasteiger partial charge < -0.3 is 10.6 Å². The van der Waals surface area contributed by atoms with Crippen molar-refractivity contribution >= 4 is 21.7 Å². The second-order valence-electron chi connectivity index (χ2n) is 7.79. The number of amides is 2. The van der Waals surface area contributed by atoms with Gasteiger partial charge in [0.1, 0.15) is 0 Å². The Morgan fingerprint density at radius 2 is 1.69 bits per heavy atom. The number of rotatable bonds is 6. The third-order valence-corrected chi connectivity index (χ3v) is 7.50. The molecular weight excluding hydrogens is 350 g/mol. The van der Waals surface area contributed by atoms with Gasteiger partial charge in [0.2, 0.25) is 10.0 Å². The number of piperidine rings is 1. The molecule has 7 heteroatoms. The number of carbonyl (C=O) groups is 1. The van der Waals surface area contributed by atoms with E-state index in [2.05, 4.69) is 10.6 Å². The zero-order chi connectivity index (χ0) is 18.1. The Morgan fingerprint density at radius 1 is 1.04 bits per heavy atom. The van der Waals surface area contributed by atoms with Crippen LogP contribution in [0.25, 0.3) is 0 Å². The maximum absolute atomic E-state index is 12.8. The Kier molecular flexibility index (Phi) is 4.92. The second-order valence-corrected chi connectivity index (χ2v) is 9.73. The van der Waals surface area contributed by atoms with Crippen LogP contribution in [0.2, 0.25) is 0 Å². The van der Waals surface area contributed by atoms with Crippen molar-refractivity contribution < 1.29 is 13.2 Å². The fourth-order valence-corrected chi connectivity index (χ4v) is 5.40. The molecule has 2 amide bonds. The Hall–Kier alpha value is -1.60. The molecule has 2 saturated carbocycles. The van der Waals surface area contributed by atoms with Crippen molar-refractivity contribution in [2.45, 2.75) is 55.9 Å². The summed E-state index contributed by atoms with van der Waals surface area (Å²) < 4.78 is 27.1. The minimum absolute atomic E-state index is 0.235. The summed E-state index contributed by atoms with van der Waals surface area (Å²) in [6.07, 6.45) is 7.69. The molecule has 2 aliphatic carbocycles. The molecule has 2 N–H and O–H groups in total. The van der Waals surface area contributed by atoms with Crippen LogP contribution in [0.4, 0.5) is 10.5 Å². The van der Waals surface area contributed by atoms with E-state index >= 15 is 0 Å². The molecule has 1 aliphatic heterocycles. The van der Waals surface area contributed by atoms with Crippen molar-refractivity contribution in [1.29, 1.82) is 0 Å². The summed E-state index contributed by atoms with van der Waals surface area (Å²) >= 11 is 0. The SMILES string of the molecule is O=C(Nc1cccc(S(=O)(=O)N2CCCCC2)c1)NC(C1CC1)C1CC1. The monoisotopic (exact) mass is 377 g/mol. The molecule has 0 radical (unpaired) electrons. The molecule has 0 atom stereocenters. The third kappa shape index (κ3) is 4.04. The quantitative estimate of drug-likeness (QED) is 0.799. The number of nitrogens with zero attached hydrogens (tertiary/aromatic N) is 1. The van der Waals surface area contributed by atoms with Crippen LogP contribution in [0, 0.1) is 11.8 Å². The summed E-state index contributed by atoms with van der Waals surface area (Å²) in [5, 5.41) is 5.92. The Bertz CT molecular complexity index is 754. The number of nitrogens with one attached hydrogen (secondary N) is 2. The summed E-state index contributed by atoms with van der Waals surface area (Å²) in [4.78, 5) is 12.6. The molecule has 1 aromatic carbocycles. The van der Waals surface area contributed by atoms with E-state index in [1.165, 1.54) is 25.7 Å². The van der Waals surface area contributed by atoms with Gasteiger partial charge >= 0.3 is 6.03 Å².